The van der Waals surface area contributed by atoms with Crippen molar-refractivity contribution in [1.29, 1.82) is 0 Å². The van der Waals surface area contributed by atoms with E-state index in [0.717, 1.165) is 23.1 Å². The van der Waals surface area contributed by atoms with E-state index in [1.165, 1.54) is 0 Å². The summed E-state index contributed by atoms with van der Waals surface area (Å²) in [6.07, 6.45) is 0. The maximum Gasteiger partial charge on any atom is 0.277 e. The summed E-state index contributed by atoms with van der Waals surface area (Å²) in [5.74, 6) is -0.366. The molecule has 0 saturated carbocycles. The fourth-order valence-electron chi connectivity index (χ4n) is 1.33. The SMILES string of the molecule is Cc1ccccc1OCc1nnc(SCC(=O)[O-])o1. The molecule has 19 heavy (non-hydrogen) atoms. The van der Waals surface area contributed by atoms with E-state index < -0.39 is 5.97 Å². The lowest BCUT2D eigenvalue weighted by Crippen LogP contribution is -2.24. The zero-order chi connectivity index (χ0) is 13.7. The number of hydrogen-bond donors (Lipinski definition) is 0. The zero-order valence-electron chi connectivity index (χ0n) is 10.2. The van der Waals surface area contributed by atoms with Gasteiger partial charge in [0.05, 0.1) is 5.97 Å². The van der Waals surface area contributed by atoms with E-state index in [0.29, 0.717) is 5.89 Å². The molecule has 0 radical (unpaired) electrons. The van der Waals surface area contributed by atoms with Gasteiger partial charge in [-0.25, -0.2) is 0 Å². The highest BCUT2D eigenvalue weighted by Gasteiger charge is 2.08. The molecular weight excluding hydrogens is 268 g/mol. The second-order valence-corrected chi connectivity index (χ2v) is 4.60. The molecule has 0 fully saturated rings. The Labute approximate surface area is 113 Å². The number of thioether (sulfide) groups is 1. The van der Waals surface area contributed by atoms with Gasteiger partial charge >= 0.3 is 0 Å². The molecule has 1 heterocycles. The summed E-state index contributed by atoms with van der Waals surface area (Å²) in [7, 11) is 0. The van der Waals surface area contributed by atoms with Crippen LogP contribution in [0.3, 0.4) is 0 Å². The highest BCUT2D eigenvalue weighted by Crippen LogP contribution is 2.19. The maximum absolute atomic E-state index is 10.3. The van der Waals surface area contributed by atoms with Gasteiger partial charge in [-0.05, 0) is 18.6 Å². The first-order valence-electron chi connectivity index (χ1n) is 5.48. The third-order valence-corrected chi connectivity index (χ3v) is 3.00. The van der Waals surface area contributed by atoms with Crippen LogP contribution in [0.2, 0.25) is 0 Å². The summed E-state index contributed by atoms with van der Waals surface area (Å²) in [5, 5.41) is 17.9. The van der Waals surface area contributed by atoms with Gasteiger partial charge in [0.15, 0.2) is 6.61 Å². The minimum Gasteiger partial charge on any atom is -0.549 e. The molecule has 2 rings (SSSR count). The third-order valence-electron chi connectivity index (χ3n) is 2.21. The molecule has 0 saturated heterocycles. The first-order chi connectivity index (χ1) is 9.15. The van der Waals surface area contributed by atoms with Gasteiger partial charge in [-0.15, -0.1) is 10.2 Å². The minimum absolute atomic E-state index is 0.143. The van der Waals surface area contributed by atoms with Crippen LogP contribution >= 0.6 is 11.8 Å². The molecule has 0 aliphatic carbocycles. The van der Waals surface area contributed by atoms with Crippen molar-refractivity contribution in [3.05, 3.63) is 35.7 Å². The highest BCUT2D eigenvalue weighted by atomic mass is 32.2. The Hall–Kier alpha value is -2.02. The summed E-state index contributed by atoms with van der Waals surface area (Å²) >= 11 is 0.916. The fraction of sp³-hybridized carbons (Fsp3) is 0.250. The number of rotatable bonds is 6. The molecule has 0 aliphatic rings. The van der Waals surface area contributed by atoms with Crippen LogP contribution < -0.4 is 9.84 Å². The molecule has 2 aromatic rings. The smallest absolute Gasteiger partial charge is 0.277 e. The minimum atomic E-state index is -1.18. The Balaban J connectivity index is 1.90. The molecule has 0 atom stereocenters. The van der Waals surface area contributed by atoms with Crippen molar-refractivity contribution in [2.24, 2.45) is 0 Å². The summed E-state index contributed by atoms with van der Waals surface area (Å²) in [4.78, 5) is 10.3. The van der Waals surface area contributed by atoms with Crippen LogP contribution in [-0.2, 0) is 11.4 Å². The number of aliphatic carboxylic acids is 1. The number of hydrogen-bond acceptors (Lipinski definition) is 7. The van der Waals surface area contributed by atoms with Crippen LogP contribution in [0.4, 0.5) is 0 Å². The molecule has 7 heteroatoms. The predicted octanol–water partition coefficient (Wildman–Crippen LogP) is 0.799. The van der Waals surface area contributed by atoms with Crippen LogP contribution in [0.25, 0.3) is 0 Å². The summed E-state index contributed by atoms with van der Waals surface area (Å²) in [6.45, 7) is 2.08. The van der Waals surface area contributed by atoms with Gasteiger partial charge in [0.1, 0.15) is 5.75 Å². The van der Waals surface area contributed by atoms with Gasteiger partial charge in [-0.1, -0.05) is 30.0 Å². The lowest BCUT2D eigenvalue weighted by molar-refractivity contribution is -0.301. The van der Waals surface area contributed by atoms with Crippen molar-refractivity contribution in [2.45, 2.75) is 18.8 Å². The number of para-hydroxylation sites is 1. The standard InChI is InChI=1S/C12H12N2O4S/c1-8-4-2-3-5-9(8)17-6-10-13-14-12(18-10)19-7-11(15)16/h2-5H,6-7H2,1H3,(H,15,16)/p-1. The average molecular weight is 279 g/mol. The van der Waals surface area contributed by atoms with Gasteiger partial charge in [-0.3, -0.25) is 0 Å². The van der Waals surface area contributed by atoms with Crippen molar-refractivity contribution < 1.29 is 19.1 Å². The Bertz CT molecular complexity index is 570. The summed E-state index contributed by atoms with van der Waals surface area (Å²) in [6, 6.07) is 7.57. The van der Waals surface area contributed by atoms with E-state index in [1.54, 1.807) is 0 Å². The van der Waals surface area contributed by atoms with Crippen LogP contribution in [-0.4, -0.2) is 21.9 Å². The predicted molar refractivity (Wildman–Crippen MR) is 65.5 cm³/mol. The number of carbonyl (C=O) groups is 1. The molecule has 0 aliphatic heterocycles. The van der Waals surface area contributed by atoms with Crippen LogP contribution in [0.1, 0.15) is 11.5 Å². The number of carbonyl (C=O) groups excluding carboxylic acids is 1. The molecule has 1 aromatic heterocycles. The quantitative estimate of drug-likeness (QED) is 0.722. The Morgan fingerprint density at radius 2 is 2.21 bits per heavy atom. The molecule has 0 spiro atoms. The Morgan fingerprint density at radius 1 is 1.42 bits per heavy atom. The van der Waals surface area contributed by atoms with E-state index in [4.69, 9.17) is 9.15 Å². The zero-order valence-corrected chi connectivity index (χ0v) is 11.0. The third kappa shape index (κ3) is 3.99. The van der Waals surface area contributed by atoms with E-state index in [9.17, 15) is 9.90 Å². The van der Waals surface area contributed by atoms with Crippen molar-refractivity contribution in [3.8, 4) is 5.75 Å². The summed E-state index contributed by atoms with van der Waals surface area (Å²) < 4.78 is 10.7. The van der Waals surface area contributed by atoms with Crippen molar-refractivity contribution in [2.75, 3.05) is 5.75 Å². The number of aromatic nitrogens is 2. The number of carboxylic acid groups (broad SMARTS) is 1. The van der Waals surface area contributed by atoms with Crippen LogP contribution in [0.5, 0.6) is 5.75 Å². The van der Waals surface area contributed by atoms with E-state index in [-0.39, 0.29) is 17.6 Å². The van der Waals surface area contributed by atoms with Crippen molar-refractivity contribution in [1.82, 2.24) is 10.2 Å². The van der Waals surface area contributed by atoms with Crippen LogP contribution in [0, 0.1) is 6.92 Å². The van der Waals surface area contributed by atoms with E-state index in [2.05, 4.69) is 10.2 Å². The molecule has 1 aromatic carbocycles. The second-order valence-electron chi connectivity index (χ2n) is 3.68. The molecule has 0 unspecified atom stereocenters. The number of ether oxygens (including phenoxy) is 1. The largest absolute Gasteiger partial charge is 0.549 e. The van der Waals surface area contributed by atoms with E-state index in [1.807, 2.05) is 31.2 Å². The molecule has 0 amide bonds. The van der Waals surface area contributed by atoms with E-state index >= 15 is 0 Å². The molecule has 0 N–H and O–H groups in total. The van der Waals surface area contributed by atoms with Gasteiger partial charge < -0.3 is 19.1 Å². The monoisotopic (exact) mass is 279 g/mol. The van der Waals surface area contributed by atoms with Gasteiger partial charge in [0.25, 0.3) is 11.1 Å². The highest BCUT2D eigenvalue weighted by molar-refractivity contribution is 7.99. The fourth-order valence-corrected chi connectivity index (χ4v) is 1.83. The molecule has 100 valence electrons. The molecular formula is C12H11N2O4S-. The average Bonchev–Trinajstić information content (AvgIpc) is 2.83. The first kappa shape index (κ1) is 13.4. The van der Waals surface area contributed by atoms with Gasteiger partial charge in [0, 0.05) is 5.75 Å². The Kier molecular flexibility index (Phi) is 4.40. The van der Waals surface area contributed by atoms with Crippen molar-refractivity contribution in [3.63, 3.8) is 0 Å². The number of nitrogens with zero attached hydrogens (tertiary/aromatic N) is 2. The molecule has 0 bridgehead atoms. The number of carboxylic acids is 1. The van der Waals surface area contributed by atoms with Crippen LogP contribution in [0.15, 0.2) is 33.9 Å². The molecule has 6 nitrogen and oxygen atoms in total. The first-order valence-corrected chi connectivity index (χ1v) is 6.47. The van der Waals surface area contributed by atoms with Gasteiger partial charge in [0.2, 0.25) is 0 Å². The topological polar surface area (TPSA) is 88.3 Å². The van der Waals surface area contributed by atoms with Crippen molar-refractivity contribution >= 4 is 17.7 Å². The Morgan fingerprint density at radius 3 is 2.95 bits per heavy atom. The van der Waals surface area contributed by atoms with Gasteiger partial charge in [-0.2, -0.15) is 0 Å². The maximum atomic E-state index is 10.3. The normalized spacial score (nSPS) is 10.4. The number of benzene rings is 1. The lowest BCUT2D eigenvalue weighted by atomic mass is 10.2. The second kappa shape index (κ2) is 6.24. The number of aryl methyl sites for hydroxylation is 1. The lowest BCUT2D eigenvalue weighted by Gasteiger charge is -2.05. The summed E-state index contributed by atoms with van der Waals surface area (Å²) in [5.41, 5.74) is 1.01.